The smallest absolute Gasteiger partial charge is 0.328 e. The number of nitrogens with zero attached hydrogens (tertiary/aromatic N) is 2. The van der Waals surface area contributed by atoms with Crippen LogP contribution in [0.4, 0.5) is 0 Å². The van der Waals surface area contributed by atoms with Gasteiger partial charge in [0.2, 0.25) is 0 Å². The van der Waals surface area contributed by atoms with Crippen LogP contribution >= 0.6 is 0 Å². The zero-order chi connectivity index (χ0) is 15.2. The molecule has 1 aromatic heterocycles. The molecule has 1 aromatic rings. The highest BCUT2D eigenvalue weighted by atomic mass is 16.5. The number of amides is 1. The van der Waals surface area contributed by atoms with Gasteiger partial charge in [-0.2, -0.15) is 0 Å². The molecule has 6 heteroatoms. The molecule has 0 spiro atoms. The van der Waals surface area contributed by atoms with Gasteiger partial charge in [-0.3, -0.25) is 9.78 Å². The van der Waals surface area contributed by atoms with Crippen molar-refractivity contribution in [3.05, 3.63) is 35.7 Å². The van der Waals surface area contributed by atoms with Crippen LogP contribution in [0.25, 0.3) is 6.08 Å². The molecule has 1 aliphatic heterocycles. The van der Waals surface area contributed by atoms with Crippen molar-refractivity contribution in [2.24, 2.45) is 0 Å². The van der Waals surface area contributed by atoms with E-state index < -0.39 is 5.97 Å². The highest BCUT2D eigenvalue weighted by molar-refractivity contribution is 5.95. The van der Waals surface area contributed by atoms with E-state index in [4.69, 9.17) is 9.84 Å². The van der Waals surface area contributed by atoms with Gasteiger partial charge >= 0.3 is 5.97 Å². The van der Waals surface area contributed by atoms with E-state index in [-0.39, 0.29) is 12.0 Å². The number of carboxylic acids is 1. The maximum absolute atomic E-state index is 12.4. The minimum atomic E-state index is -1.04. The summed E-state index contributed by atoms with van der Waals surface area (Å²) in [4.78, 5) is 28.7. The molecule has 1 N–H and O–H groups in total. The van der Waals surface area contributed by atoms with Crippen molar-refractivity contribution >= 4 is 18.0 Å². The fourth-order valence-corrected chi connectivity index (χ4v) is 2.33. The fraction of sp³-hybridized carbons (Fsp3) is 0.400. The van der Waals surface area contributed by atoms with E-state index in [1.54, 1.807) is 18.1 Å². The van der Waals surface area contributed by atoms with Crippen LogP contribution in [0.1, 0.15) is 28.8 Å². The Morgan fingerprint density at radius 1 is 1.48 bits per heavy atom. The maximum atomic E-state index is 12.4. The molecule has 6 nitrogen and oxygen atoms in total. The first-order valence-electron chi connectivity index (χ1n) is 6.78. The summed E-state index contributed by atoms with van der Waals surface area (Å²) < 4.78 is 5.31. The first-order chi connectivity index (χ1) is 10.1. The van der Waals surface area contributed by atoms with Crippen molar-refractivity contribution in [1.82, 2.24) is 9.88 Å². The van der Waals surface area contributed by atoms with Crippen molar-refractivity contribution in [3.8, 4) is 0 Å². The Bertz CT molecular complexity index is 556. The number of ether oxygens (including phenoxy) is 1. The van der Waals surface area contributed by atoms with Crippen LogP contribution in [0.2, 0.25) is 0 Å². The zero-order valence-electron chi connectivity index (χ0n) is 11.9. The normalized spacial score (nSPS) is 18.9. The molecule has 1 fully saturated rings. The molecule has 0 bridgehead atoms. The van der Waals surface area contributed by atoms with Gasteiger partial charge in [-0.05, 0) is 30.5 Å². The molecule has 1 saturated heterocycles. The van der Waals surface area contributed by atoms with Gasteiger partial charge in [0, 0.05) is 38.7 Å². The number of piperidine rings is 1. The molecule has 112 valence electrons. The van der Waals surface area contributed by atoms with Gasteiger partial charge in [0.05, 0.1) is 11.7 Å². The Morgan fingerprint density at radius 3 is 3.00 bits per heavy atom. The summed E-state index contributed by atoms with van der Waals surface area (Å²) >= 11 is 0. The molecular formula is C15H18N2O4. The summed E-state index contributed by atoms with van der Waals surface area (Å²) in [5.74, 6) is -1.14. The number of rotatable bonds is 4. The molecule has 21 heavy (non-hydrogen) atoms. The topological polar surface area (TPSA) is 79.7 Å². The Hall–Kier alpha value is -2.21. The average molecular weight is 290 g/mol. The third kappa shape index (κ3) is 4.13. The number of hydrogen-bond donors (Lipinski definition) is 1. The van der Waals surface area contributed by atoms with E-state index in [1.807, 2.05) is 0 Å². The predicted molar refractivity (Wildman–Crippen MR) is 76.8 cm³/mol. The minimum Gasteiger partial charge on any atom is -0.478 e. The van der Waals surface area contributed by atoms with Crippen LogP contribution in [0.15, 0.2) is 24.5 Å². The van der Waals surface area contributed by atoms with Crippen LogP contribution in [-0.2, 0) is 9.53 Å². The van der Waals surface area contributed by atoms with Crippen LogP contribution in [0, 0.1) is 0 Å². The van der Waals surface area contributed by atoms with Crippen LogP contribution in [0.5, 0.6) is 0 Å². The Labute approximate surface area is 123 Å². The van der Waals surface area contributed by atoms with Crippen molar-refractivity contribution in [2.45, 2.75) is 18.9 Å². The second-order valence-corrected chi connectivity index (χ2v) is 4.93. The van der Waals surface area contributed by atoms with Crippen molar-refractivity contribution in [2.75, 3.05) is 20.2 Å². The molecule has 0 radical (unpaired) electrons. The lowest BCUT2D eigenvalue weighted by molar-refractivity contribution is -0.131. The van der Waals surface area contributed by atoms with E-state index in [0.717, 1.165) is 18.9 Å². The summed E-state index contributed by atoms with van der Waals surface area (Å²) in [7, 11) is 1.65. The molecule has 1 aliphatic rings. The number of carbonyl (C=O) groups excluding carboxylic acids is 1. The predicted octanol–water partition coefficient (Wildman–Crippen LogP) is 1.43. The number of methoxy groups -OCH3 is 1. The molecule has 0 saturated carbocycles. The largest absolute Gasteiger partial charge is 0.478 e. The molecule has 1 unspecified atom stereocenters. The first-order valence-corrected chi connectivity index (χ1v) is 6.78. The van der Waals surface area contributed by atoms with Crippen molar-refractivity contribution in [3.63, 3.8) is 0 Å². The van der Waals surface area contributed by atoms with Crippen LogP contribution < -0.4 is 0 Å². The van der Waals surface area contributed by atoms with E-state index >= 15 is 0 Å². The molecule has 0 aliphatic carbocycles. The zero-order valence-corrected chi connectivity index (χ0v) is 11.9. The van der Waals surface area contributed by atoms with E-state index in [0.29, 0.717) is 24.2 Å². The quantitative estimate of drug-likeness (QED) is 0.849. The van der Waals surface area contributed by atoms with E-state index in [2.05, 4.69) is 4.98 Å². The third-order valence-electron chi connectivity index (χ3n) is 3.42. The summed E-state index contributed by atoms with van der Waals surface area (Å²) in [6, 6.07) is 1.64. The lowest BCUT2D eigenvalue weighted by Gasteiger charge is -2.31. The lowest BCUT2D eigenvalue weighted by Crippen LogP contribution is -2.42. The molecular weight excluding hydrogens is 272 g/mol. The van der Waals surface area contributed by atoms with Gasteiger partial charge in [-0.25, -0.2) is 4.79 Å². The lowest BCUT2D eigenvalue weighted by atomic mass is 10.1. The summed E-state index contributed by atoms with van der Waals surface area (Å²) in [6.45, 7) is 1.28. The number of aliphatic carboxylic acids is 1. The van der Waals surface area contributed by atoms with Gasteiger partial charge in [-0.1, -0.05) is 0 Å². The van der Waals surface area contributed by atoms with Gasteiger partial charge < -0.3 is 14.7 Å². The number of carboxylic acid groups (broad SMARTS) is 1. The minimum absolute atomic E-state index is 0.0748. The monoisotopic (exact) mass is 290 g/mol. The summed E-state index contributed by atoms with van der Waals surface area (Å²) in [6.07, 6.45) is 7.40. The number of likely N-dealkylation sites (tertiary alicyclic amines) is 1. The molecule has 1 amide bonds. The SMILES string of the molecule is COC1CCCN(C(=O)c2cncc(/C=C/C(=O)O)c2)C1. The Balaban J connectivity index is 2.12. The molecule has 1 atom stereocenters. The first kappa shape index (κ1) is 15.2. The maximum Gasteiger partial charge on any atom is 0.328 e. The van der Waals surface area contributed by atoms with E-state index in [9.17, 15) is 9.59 Å². The third-order valence-corrected chi connectivity index (χ3v) is 3.42. The summed E-state index contributed by atoms with van der Waals surface area (Å²) in [5, 5.41) is 8.62. The molecule has 2 heterocycles. The number of hydrogen-bond acceptors (Lipinski definition) is 4. The highest BCUT2D eigenvalue weighted by Gasteiger charge is 2.24. The van der Waals surface area contributed by atoms with Crippen molar-refractivity contribution in [1.29, 1.82) is 0 Å². The number of aromatic nitrogens is 1. The van der Waals surface area contributed by atoms with Gasteiger partial charge in [0.1, 0.15) is 0 Å². The Morgan fingerprint density at radius 2 is 2.29 bits per heavy atom. The second-order valence-electron chi connectivity index (χ2n) is 4.93. The van der Waals surface area contributed by atoms with E-state index in [1.165, 1.54) is 18.5 Å². The summed E-state index contributed by atoms with van der Waals surface area (Å²) in [5.41, 5.74) is 1.04. The average Bonchev–Trinajstić information content (AvgIpc) is 2.52. The molecule has 0 aromatic carbocycles. The van der Waals surface area contributed by atoms with Gasteiger partial charge in [0.25, 0.3) is 5.91 Å². The number of pyridine rings is 1. The Kier molecular flexibility index (Phi) is 5.05. The number of carbonyl (C=O) groups is 2. The van der Waals surface area contributed by atoms with Gasteiger partial charge in [-0.15, -0.1) is 0 Å². The highest BCUT2D eigenvalue weighted by Crippen LogP contribution is 2.16. The molecule has 2 rings (SSSR count). The second kappa shape index (κ2) is 6.99. The van der Waals surface area contributed by atoms with Crippen molar-refractivity contribution < 1.29 is 19.4 Å². The van der Waals surface area contributed by atoms with Gasteiger partial charge in [0.15, 0.2) is 0 Å². The fourth-order valence-electron chi connectivity index (χ4n) is 2.33. The standard InChI is InChI=1S/C15H18N2O4/c1-21-13-3-2-6-17(10-13)15(20)12-7-11(8-16-9-12)4-5-14(18)19/h4-5,7-9,13H,2-3,6,10H2,1H3,(H,18,19)/b5-4+. The van der Waals surface area contributed by atoms with Crippen LogP contribution in [0.3, 0.4) is 0 Å². The van der Waals surface area contributed by atoms with Crippen LogP contribution in [-0.4, -0.2) is 53.2 Å².